The van der Waals surface area contributed by atoms with E-state index in [1.807, 2.05) is 0 Å². The van der Waals surface area contributed by atoms with Crippen molar-refractivity contribution in [2.75, 3.05) is 18.1 Å². The molecule has 1 saturated carbocycles. The van der Waals surface area contributed by atoms with Crippen LogP contribution in [0.3, 0.4) is 0 Å². The van der Waals surface area contributed by atoms with Crippen LogP contribution >= 0.6 is 31.9 Å². The first-order chi connectivity index (χ1) is 9.29. The Morgan fingerprint density at radius 3 is 2.89 bits per heavy atom. The van der Waals surface area contributed by atoms with Gasteiger partial charge in [0.1, 0.15) is 0 Å². The van der Waals surface area contributed by atoms with Crippen LogP contribution in [0.15, 0.2) is 22.7 Å². The summed E-state index contributed by atoms with van der Waals surface area (Å²) in [6.45, 7) is 1.86. The van der Waals surface area contributed by atoms with Crippen LogP contribution in [0.4, 0.5) is 5.69 Å². The van der Waals surface area contributed by atoms with E-state index >= 15 is 0 Å². The van der Waals surface area contributed by atoms with Crippen LogP contribution in [0.5, 0.6) is 0 Å². The van der Waals surface area contributed by atoms with Crippen LogP contribution in [0.1, 0.15) is 31.2 Å². The molecule has 1 aromatic carbocycles. The zero-order valence-corrected chi connectivity index (χ0v) is 14.1. The largest absolute Gasteiger partial charge is 0.374 e. The highest BCUT2D eigenvalue weighted by Gasteiger charge is 2.34. The molecule has 4 heteroatoms. The number of fused-ring (bicyclic) bond motifs is 1. The van der Waals surface area contributed by atoms with Crippen LogP contribution in [0.25, 0.3) is 0 Å². The Balaban J connectivity index is 1.87. The van der Waals surface area contributed by atoms with Gasteiger partial charge in [0, 0.05) is 16.3 Å². The number of nitrogens with zero attached hydrogens (tertiary/aromatic N) is 1. The zero-order valence-electron chi connectivity index (χ0n) is 10.9. The van der Waals surface area contributed by atoms with Crippen LogP contribution in [-0.2, 0) is 10.1 Å². The number of halogens is 2. The number of hydrogen-bond donors (Lipinski definition) is 0. The molecule has 2 nitrogen and oxygen atoms in total. The third-order valence-corrected chi connectivity index (χ3v) is 5.49. The van der Waals surface area contributed by atoms with Crippen molar-refractivity contribution >= 4 is 37.5 Å². The highest BCUT2D eigenvalue weighted by Crippen LogP contribution is 2.36. The van der Waals surface area contributed by atoms with Gasteiger partial charge in [-0.15, -0.1) is 0 Å². The van der Waals surface area contributed by atoms with Gasteiger partial charge >= 0.3 is 0 Å². The second-order valence-corrected chi connectivity index (χ2v) is 6.79. The minimum absolute atomic E-state index is 0.435. The van der Waals surface area contributed by atoms with Crippen molar-refractivity contribution in [3.8, 4) is 0 Å². The summed E-state index contributed by atoms with van der Waals surface area (Å²) in [6, 6.07) is 7.24. The molecule has 1 aliphatic heterocycles. The first-order valence-corrected chi connectivity index (χ1v) is 8.93. The van der Waals surface area contributed by atoms with E-state index < -0.39 is 0 Å². The molecule has 0 amide bonds. The van der Waals surface area contributed by atoms with Crippen LogP contribution in [-0.4, -0.2) is 25.3 Å². The third-order valence-electron chi connectivity index (χ3n) is 4.21. The molecule has 2 aliphatic rings. The van der Waals surface area contributed by atoms with Gasteiger partial charge in [0.25, 0.3) is 0 Å². The molecule has 2 atom stereocenters. The zero-order chi connectivity index (χ0) is 13.2. The lowest BCUT2D eigenvalue weighted by Crippen LogP contribution is -2.53. The van der Waals surface area contributed by atoms with E-state index in [0.29, 0.717) is 12.1 Å². The molecule has 3 rings (SSSR count). The van der Waals surface area contributed by atoms with Crippen molar-refractivity contribution in [3.05, 3.63) is 28.2 Å². The smallest absolute Gasteiger partial charge is 0.0779 e. The number of benzene rings is 1. The second kappa shape index (κ2) is 6.15. The number of alkyl halides is 1. The van der Waals surface area contributed by atoms with E-state index in [9.17, 15) is 0 Å². The Bertz CT molecular complexity index is 450. The predicted octanol–water partition coefficient (Wildman–Crippen LogP) is 4.49. The monoisotopic (exact) mass is 387 g/mol. The van der Waals surface area contributed by atoms with E-state index in [1.165, 1.54) is 41.4 Å². The SMILES string of the molecule is BrCc1ccc(N2CCOC3CCCCC32)c(Br)c1. The van der Waals surface area contributed by atoms with Gasteiger partial charge in [0.05, 0.1) is 24.4 Å². The number of hydrogen-bond acceptors (Lipinski definition) is 2. The van der Waals surface area contributed by atoms with Crippen molar-refractivity contribution in [2.24, 2.45) is 0 Å². The molecule has 0 spiro atoms. The number of morpholine rings is 1. The molecule has 1 saturated heterocycles. The molecular weight excluding hydrogens is 370 g/mol. The van der Waals surface area contributed by atoms with E-state index in [2.05, 4.69) is 55.0 Å². The molecule has 1 heterocycles. The van der Waals surface area contributed by atoms with Gasteiger partial charge in [-0.25, -0.2) is 0 Å². The third kappa shape index (κ3) is 2.86. The van der Waals surface area contributed by atoms with E-state index in [1.54, 1.807) is 0 Å². The number of ether oxygens (including phenoxy) is 1. The molecule has 104 valence electrons. The lowest BCUT2D eigenvalue weighted by atomic mass is 9.90. The first-order valence-electron chi connectivity index (χ1n) is 7.02. The van der Waals surface area contributed by atoms with Crippen molar-refractivity contribution in [2.45, 2.75) is 43.2 Å². The van der Waals surface area contributed by atoms with E-state index in [-0.39, 0.29) is 0 Å². The van der Waals surface area contributed by atoms with Gasteiger partial charge in [0.2, 0.25) is 0 Å². The van der Waals surface area contributed by atoms with Gasteiger partial charge < -0.3 is 9.64 Å². The second-order valence-electron chi connectivity index (χ2n) is 5.37. The first kappa shape index (κ1) is 13.9. The molecule has 19 heavy (non-hydrogen) atoms. The Morgan fingerprint density at radius 2 is 2.11 bits per heavy atom. The lowest BCUT2D eigenvalue weighted by molar-refractivity contribution is -0.00872. The average Bonchev–Trinajstić information content (AvgIpc) is 2.46. The highest BCUT2D eigenvalue weighted by molar-refractivity contribution is 9.10. The average molecular weight is 389 g/mol. The Kier molecular flexibility index (Phi) is 4.50. The maximum absolute atomic E-state index is 5.95. The molecule has 2 fully saturated rings. The van der Waals surface area contributed by atoms with Crippen molar-refractivity contribution in [1.29, 1.82) is 0 Å². The maximum Gasteiger partial charge on any atom is 0.0779 e. The molecule has 0 N–H and O–H groups in total. The molecule has 0 bridgehead atoms. The normalized spacial score (nSPS) is 27.2. The lowest BCUT2D eigenvalue weighted by Gasteiger charge is -2.45. The number of rotatable bonds is 2. The van der Waals surface area contributed by atoms with Gasteiger partial charge in [-0.3, -0.25) is 0 Å². The Hall–Kier alpha value is -0.0600. The molecule has 1 aliphatic carbocycles. The van der Waals surface area contributed by atoms with Gasteiger partial charge in [-0.2, -0.15) is 0 Å². The highest BCUT2D eigenvalue weighted by atomic mass is 79.9. The van der Waals surface area contributed by atoms with Crippen molar-refractivity contribution < 1.29 is 4.74 Å². The van der Waals surface area contributed by atoms with E-state index in [0.717, 1.165) is 18.5 Å². The minimum atomic E-state index is 0.435. The minimum Gasteiger partial charge on any atom is -0.374 e. The summed E-state index contributed by atoms with van der Waals surface area (Å²) in [5.41, 5.74) is 2.63. The molecule has 2 unspecified atom stereocenters. The van der Waals surface area contributed by atoms with Crippen LogP contribution < -0.4 is 4.90 Å². The topological polar surface area (TPSA) is 12.5 Å². The van der Waals surface area contributed by atoms with Gasteiger partial charge in [-0.1, -0.05) is 34.8 Å². The summed E-state index contributed by atoms with van der Waals surface area (Å²) >= 11 is 7.25. The predicted molar refractivity (Wildman–Crippen MR) is 86.1 cm³/mol. The summed E-state index contributed by atoms with van der Waals surface area (Å²) in [4.78, 5) is 2.55. The molecule has 1 aromatic rings. The van der Waals surface area contributed by atoms with Gasteiger partial charge in [0.15, 0.2) is 0 Å². The standard InChI is InChI=1S/C15H19Br2NO/c16-10-11-5-6-13(12(17)9-11)18-7-8-19-15-4-2-1-3-14(15)18/h5-6,9,14-15H,1-4,7-8,10H2. The van der Waals surface area contributed by atoms with Crippen LogP contribution in [0, 0.1) is 0 Å². The fourth-order valence-electron chi connectivity index (χ4n) is 3.26. The van der Waals surface area contributed by atoms with Crippen molar-refractivity contribution in [3.63, 3.8) is 0 Å². The van der Waals surface area contributed by atoms with E-state index in [4.69, 9.17) is 4.74 Å². The summed E-state index contributed by atoms with van der Waals surface area (Å²) < 4.78 is 7.16. The summed E-state index contributed by atoms with van der Waals surface area (Å²) in [7, 11) is 0. The summed E-state index contributed by atoms with van der Waals surface area (Å²) in [6.07, 6.45) is 5.57. The Morgan fingerprint density at radius 1 is 1.26 bits per heavy atom. The summed E-state index contributed by atoms with van der Waals surface area (Å²) in [5.74, 6) is 0. The van der Waals surface area contributed by atoms with Crippen molar-refractivity contribution in [1.82, 2.24) is 0 Å². The quantitative estimate of drug-likeness (QED) is 0.692. The summed E-state index contributed by atoms with van der Waals surface area (Å²) in [5, 5.41) is 0.904. The molecule has 0 radical (unpaired) electrons. The van der Waals surface area contributed by atoms with Gasteiger partial charge in [-0.05, 0) is 46.5 Å². The van der Waals surface area contributed by atoms with Crippen LogP contribution in [0.2, 0.25) is 0 Å². The number of anilines is 1. The fourth-order valence-corrected chi connectivity index (χ4v) is 4.26. The molecule has 0 aromatic heterocycles. The molecular formula is C15H19Br2NO. The Labute approximate surface area is 131 Å². The fraction of sp³-hybridized carbons (Fsp3) is 0.600. The maximum atomic E-state index is 5.95.